The van der Waals surface area contributed by atoms with Crippen LogP contribution < -0.4 is 5.73 Å². The highest BCUT2D eigenvalue weighted by Crippen LogP contribution is 2.20. The Morgan fingerprint density at radius 1 is 1.28 bits per heavy atom. The highest BCUT2D eigenvalue weighted by Gasteiger charge is 2.38. The Kier molecular flexibility index (Phi) is 5.56. The fraction of sp³-hybridized carbons (Fsp3) is 0.125. The van der Waals surface area contributed by atoms with Crippen LogP contribution in [0.25, 0.3) is 0 Å². The molecule has 18 heavy (non-hydrogen) atoms. The number of carbonyl (C=O) groups is 2. The molecular weight excluding hydrogens is 325 g/mol. The molecule has 0 radical (unpaired) electrons. The van der Waals surface area contributed by atoms with Crippen molar-refractivity contribution in [1.29, 1.82) is 0 Å². The van der Waals surface area contributed by atoms with Crippen LogP contribution in [0.15, 0.2) is 16.9 Å². The lowest BCUT2D eigenvalue weighted by molar-refractivity contribution is -0.192. The van der Waals surface area contributed by atoms with Crippen molar-refractivity contribution < 1.29 is 33.0 Å². The number of pyridine rings is 1. The van der Waals surface area contributed by atoms with E-state index >= 15 is 0 Å². The van der Waals surface area contributed by atoms with Crippen molar-refractivity contribution >= 4 is 33.6 Å². The molecule has 1 aromatic rings. The van der Waals surface area contributed by atoms with Crippen LogP contribution in [0.1, 0.15) is 10.4 Å². The number of aromatic carboxylic acids is 1. The normalized spacial score (nSPS) is 10.2. The lowest BCUT2D eigenvalue weighted by Crippen LogP contribution is -2.21. The van der Waals surface area contributed by atoms with Gasteiger partial charge in [-0.3, -0.25) is 4.98 Å². The van der Waals surface area contributed by atoms with Gasteiger partial charge in [-0.15, -0.1) is 0 Å². The summed E-state index contributed by atoms with van der Waals surface area (Å²) in [4.78, 5) is 23.1. The Balaban J connectivity index is 0.000000360. The molecule has 0 atom stereocenters. The van der Waals surface area contributed by atoms with Gasteiger partial charge in [0.2, 0.25) is 0 Å². The summed E-state index contributed by atoms with van der Waals surface area (Å²) in [5.41, 5.74) is 5.56. The van der Waals surface area contributed by atoms with Crippen LogP contribution >= 0.6 is 15.9 Å². The van der Waals surface area contributed by atoms with E-state index in [1.807, 2.05) is 0 Å². The van der Waals surface area contributed by atoms with E-state index in [0.29, 0.717) is 4.47 Å². The lowest BCUT2D eigenvalue weighted by atomic mass is 10.2. The summed E-state index contributed by atoms with van der Waals surface area (Å²) in [5.74, 6) is -3.82. The summed E-state index contributed by atoms with van der Waals surface area (Å²) >= 11 is 3.02. The molecule has 1 rings (SSSR count). The van der Waals surface area contributed by atoms with Gasteiger partial charge in [-0.2, -0.15) is 13.2 Å². The first-order chi connectivity index (χ1) is 8.07. The third-order valence-electron chi connectivity index (χ3n) is 1.39. The third-order valence-corrected chi connectivity index (χ3v) is 1.99. The molecule has 0 fully saturated rings. The van der Waals surface area contributed by atoms with E-state index in [-0.39, 0.29) is 11.3 Å². The second-order valence-corrected chi connectivity index (χ2v) is 3.55. The molecule has 0 spiro atoms. The van der Waals surface area contributed by atoms with Gasteiger partial charge in [-0.1, -0.05) is 0 Å². The fourth-order valence-corrected chi connectivity index (χ4v) is 1.19. The Morgan fingerprint density at radius 3 is 1.94 bits per heavy atom. The topological polar surface area (TPSA) is 114 Å². The number of halogens is 4. The van der Waals surface area contributed by atoms with Crippen molar-refractivity contribution in [3.05, 3.63) is 22.4 Å². The van der Waals surface area contributed by atoms with Crippen molar-refractivity contribution in [1.82, 2.24) is 4.98 Å². The van der Waals surface area contributed by atoms with Gasteiger partial charge in [0, 0.05) is 6.20 Å². The molecule has 100 valence electrons. The number of aromatic nitrogens is 1. The molecule has 4 N–H and O–H groups in total. The Hall–Kier alpha value is -1.84. The first-order valence-corrected chi connectivity index (χ1v) is 4.79. The van der Waals surface area contributed by atoms with Crippen molar-refractivity contribution in [2.45, 2.75) is 6.18 Å². The van der Waals surface area contributed by atoms with Crippen LogP contribution in [-0.2, 0) is 4.79 Å². The van der Waals surface area contributed by atoms with Crippen LogP contribution in [0.5, 0.6) is 0 Å². The number of aliphatic carboxylic acids is 1. The third kappa shape index (κ3) is 4.99. The summed E-state index contributed by atoms with van der Waals surface area (Å²) in [5, 5.41) is 15.7. The molecule has 6 nitrogen and oxygen atoms in total. The van der Waals surface area contributed by atoms with Crippen molar-refractivity contribution in [3.8, 4) is 0 Å². The second-order valence-electron chi connectivity index (χ2n) is 2.69. The van der Waals surface area contributed by atoms with E-state index < -0.39 is 18.1 Å². The van der Waals surface area contributed by atoms with Crippen molar-refractivity contribution in [2.24, 2.45) is 0 Å². The molecule has 0 aliphatic rings. The summed E-state index contributed by atoms with van der Waals surface area (Å²) in [7, 11) is 0. The molecule has 1 heterocycles. The second kappa shape index (κ2) is 6.19. The van der Waals surface area contributed by atoms with Crippen molar-refractivity contribution in [2.75, 3.05) is 5.73 Å². The average molecular weight is 331 g/mol. The fourth-order valence-electron chi connectivity index (χ4n) is 0.676. The number of nitrogen functional groups attached to an aromatic ring is 1. The van der Waals surface area contributed by atoms with E-state index in [0.717, 1.165) is 0 Å². The minimum absolute atomic E-state index is 0.0556. The van der Waals surface area contributed by atoms with Crippen molar-refractivity contribution in [3.63, 3.8) is 0 Å². The van der Waals surface area contributed by atoms with Gasteiger partial charge in [-0.25, -0.2) is 9.59 Å². The lowest BCUT2D eigenvalue weighted by Gasteiger charge is -2.00. The number of hydrogen-bond donors (Lipinski definition) is 3. The first-order valence-electron chi connectivity index (χ1n) is 3.99. The van der Waals surface area contributed by atoms with Gasteiger partial charge in [-0.05, 0) is 15.9 Å². The summed E-state index contributed by atoms with van der Waals surface area (Å²) in [6.07, 6.45) is -2.39. The van der Waals surface area contributed by atoms with E-state index in [9.17, 15) is 18.0 Å². The smallest absolute Gasteiger partial charge is 0.478 e. The Bertz CT molecular complexity index is 444. The molecule has 0 aliphatic carbocycles. The molecular formula is C8H6BrF3N2O4. The quantitative estimate of drug-likeness (QED) is 0.723. The summed E-state index contributed by atoms with van der Waals surface area (Å²) in [6, 6.07) is 0. The SMILES string of the molecule is Nc1cncc(Br)c1C(=O)O.O=C(O)C(F)(F)F. The largest absolute Gasteiger partial charge is 0.490 e. The zero-order chi connectivity index (χ0) is 14.5. The van der Waals surface area contributed by atoms with Gasteiger partial charge >= 0.3 is 18.1 Å². The van der Waals surface area contributed by atoms with Gasteiger partial charge in [0.15, 0.2) is 0 Å². The number of carboxylic acids is 2. The minimum atomic E-state index is -5.08. The molecule has 0 aromatic carbocycles. The number of nitrogens with zero attached hydrogens (tertiary/aromatic N) is 1. The van der Waals surface area contributed by atoms with E-state index in [1.54, 1.807) is 0 Å². The maximum absolute atomic E-state index is 10.6. The number of rotatable bonds is 1. The monoisotopic (exact) mass is 330 g/mol. The molecule has 1 aromatic heterocycles. The highest BCUT2D eigenvalue weighted by molar-refractivity contribution is 9.10. The molecule has 10 heteroatoms. The standard InChI is InChI=1S/C6H5BrN2O2.C2HF3O2/c7-3-1-9-2-4(8)5(3)6(10)11;3-2(4,5)1(6)7/h1-2H,8H2,(H,10,11);(H,6,7). The zero-order valence-electron chi connectivity index (χ0n) is 8.40. The maximum Gasteiger partial charge on any atom is 0.490 e. The molecule has 0 saturated heterocycles. The maximum atomic E-state index is 10.6. The number of carboxylic acid groups (broad SMARTS) is 2. The number of hydrogen-bond acceptors (Lipinski definition) is 4. The minimum Gasteiger partial charge on any atom is -0.478 e. The summed E-state index contributed by atoms with van der Waals surface area (Å²) in [6.45, 7) is 0. The highest BCUT2D eigenvalue weighted by atomic mass is 79.9. The van der Waals surface area contributed by atoms with Gasteiger partial charge in [0.05, 0.1) is 21.9 Å². The van der Waals surface area contributed by atoms with Crippen LogP contribution in [0.3, 0.4) is 0 Å². The van der Waals surface area contributed by atoms with Gasteiger partial charge < -0.3 is 15.9 Å². The average Bonchev–Trinajstić information content (AvgIpc) is 2.15. The summed E-state index contributed by atoms with van der Waals surface area (Å²) < 4.78 is 32.1. The number of anilines is 1. The molecule has 0 unspecified atom stereocenters. The predicted octanol–water partition coefficient (Wildman–Crippen LogP) is 1.76. The van der Waals surface area contributed by atoms with Crippen LogP contribution in [0.4, 0.5) is 18.9 Å². The number of alkyl halides is 3. The molecule has 0 saturated carbocycles. The number of nitrogens with two attached hydrogens (primary N) is 1. The predicted molar refractivity (Wildman–Crippen MR) is 57.0 cm³/mol. The van der Waals surface area contributed by atoms with E-state index in [1.165, 1.54) is 12.4 Å². The molecule has 0 aliphatic heterocycles. The first kappa shape index (κ1) is 16.2. The molecule has 0 amide bonds. The van der Waals surface area contributed by atoms with Crippen LogP contribution in [-0.4, -0.2) is 33.3 Å². The zero-order valence-corrected chi connectivity index (χ0v) is 9.99. The van der Waals surface area contributed by atoms with E-state index in [4.69, 9.17) is 20.7 Å². The van der Waals surface area contributed by atoms with Gasteiger partial charge in [0.25, 0.3) is 0 Å². The van der Waals surface area contributed by atoms with Crippen LogP contribution in [0.2, 0.25) is 0 Å². The van der Waals surface area contributed by atoms with Crippen LogP contribution in [0, 0.1) is 0 Å². The molecule has 0 bridgehead atoms. The van der Waals surface area contributed by atoms with E-state index in [2.05, 4.69) is 20.9 Å². The Morgan fingerprint density at radius 2 is 1.72 bits per heavy atom. The Labute approximate surface area is 106 Å². The van der Waals surface area contributed by atoms with Gasteiger partial charge in [0.1, 0.15) is 0 Å².